The number of carbonyl (C=O) groups is 3. The van der Waals surface area contributed by atoms with Crippen molar-refractivity contribution in [2.24, 2.45) is 11.5 Å². The summed E-state index contributed by atoms with van der Waals surface area (Å²) in [7, 11) is 0. The molecule has 1 heterocycles. The van der Waals surface area contributed by atoms with Gasteiger partial charge >= 0.3 is 0 Å². The minimum Gasteiger partial charge on any atom is -0.366 e. The van der Waals surface area contributed by atoms with Crippen LogP contribution in [0.4, 0.5) is 5.69 Å². The molecule has 0 unspecified atom stereocenters. The molecular formula is C19H19N7O3S. The summed E-state index contributed by atoms with van der Waals surface area (Å²) in [5.74, 6) is -1.86. The van der Waals surface area contributed by atoms with E-state index < -0.39 is 11.8 Å². The van der Waals surface area contributed by atoms with E-state index in [0.29, 0.717) is 5.16 Å². The maximum absolute atomic E-state index is 12.4. The van der Waals surface area contributed by atoms with E-state index in [2.05, 4.69) is 20.8 Å². The van der Waals surface area contributed by atoms with Crippen molar-refractivity contribution in [2.75, 3.05) is 11.1 Å². The molecule has 0 atom stereocenters. The molecule has 11 heteroatoms. The number of carbonyl (C=O) groups excluding carboxylic acids is 3. The quantitative estimate of drug-likeness (QED) is 0.480. The fourth-order valence-electron chi connectivity index (χ4n) is 2.68. The highest BCUT2D eigenvalue weighted by atomic mass is 32.2. The van der Waals surface area contributed by atoms with E-state index in [1.54, 1.807) is 4.68 Å². The number of rotatable bonds is 7. The van der Waals surface area contributed by atoms with E-state index in [1.807, 2.05) is 32.0 Å². The number of nitrogens with one attached hydrogen (secondary N) is 1. The van der Waals surface area contributed by atoms with Crippen molar-refractivity contribution in [1.29, 1.82) is 0 Å². The predicted octanol–water partition coefficient (Wildman–Crippen LogP) is 1.21. The second-order valence-electron chi connectivity index (χ2n) is 6.53. The van der Waals surface area contributed by atoms with E-state index in [4.69, 9.17) is 11.5 Å². The van der Waals surface area contributed by atoms with E-state index in [0.717, 1.165) is 28.6 Å². The topological polar surface area (TPSA) is 159 Å². The van der Waals surface area contributed by atoms with Crippen molar-refractivity contribution in [3.8, 4) is 5.69 Å². The molecule has 0 aliphatic carbocycles. The Morgan fingerprint density at radius 3 is 2.33 bits per heavy atom. The molecule has 0 aliphatic heterocycles. The first kappa shape index (κ1) is 21.0. The standard InChI is InChI=1S/C19H19N7O3S/c1-10-3-4-11(2)15(5-10)26-19(23-24-25-26)30-9-16(27)22-14-7-12(17(20)28)6-13(8-14)18(21)29/h3-8H,9H2,1-2H3,(H2,20,28)(H2,21,29)(H,22,27). The molecule has 3 aromatic rings. The second-order valence-corrected chi connectivity index (χ2v) is 7.47. The lowest BCUT2D eigenvalue weighted by molar-refractivity contribution is -0.113. The fourth-order valence-corrected chi connectivity index (χ4v) is 3.36. The van der Waals surface area contributed by atoms with Crippen LogP contribution in [0, 0.1) is 13.8 Å². The van der Waals surface area contributed by atoms with Crippen LogP contribution in [-0.2, 0) is 4.79 Å². The Morgan fingerprint density at radius 2 is 1.70 bits per heavy atom. The maximum Gasteiger partial charge on any atom is 0.248 e. The van der Waals surface area contributed by atoms with Crippen LogP contribution >= 0.6 is 11.8 Å². The molecule has 0 bridgehead atoms. The number of aryl methyl sites for hydroxylation is 2. The maximum atomic E-state index is 12.4. The zero-order valence-electron chi connectivity index (χ0n) is 16.2. The molecule has 0 saturated carbocycles. The van der Waals surface area contributed by atoms with Gasteiger partial charge in [0.2, 0.25) is 22.9 Å². The smallest absolute Gasteiger partial charge is 0.248 e. The number of hydrogen-bond donors (Lipinski definition) is 3. The van der Waals surface area contributed by atoms with Crippen LogP contribution in [0.3, 0.4) is 0 Å². The van der Waals surface area contributed by atoms with Crippen molar-refractivity contribution in [3.05, 3.63) is 58.7 Å². The number of anilines is 1. The highest BCUT2D eigenvalue weighted by Crippen LogP contribution is 2.22. The van der Waals surface area contributed by atoms with Crippen LogP contribution in [0.5, 0.6) is 0 Å². The molecule has 0 spiro atoms. The van der Waals surface area contributed by atoms with E-state index in [1.165, 1.54) is 18.2 Å². The summed E-state index contributed by atoms with van der Waals surface area (Å²) in [5, 5.41) is 14.8. The van der Waals surface area contributed by atoms with Crippen molar-refractivity contribution < 1.29 is 14.4 Å². The molecule has 0 saturated heterocycles. The zero-order chi connectivity index (χ0) is 21.8. The van der Waals surface area contributed by atoms with Gasteiger partial charge in [0.15, 0.2) is 0 Å². The number of nitrogens with two attached hydrogens (primary N) is 2. The number of aromatic nitrogens is 4. The fraction of sp³-hybridized carbons (Fsp3) is 0.158. The molecule has 0 radical (unpaired) electrons. The monoisotopic (exact) mass is 425 g/mol. The van der Waals surface area contributed by atoms with Crippen LogP contribution in [0.2, 0.25) is 0 Å². The Labute approximate surface area is 176 Å². The molecule has 0 aliphatic rings. The van der Waals surface area contributed by atoms with Crippen molar-refractivity contribution in [3.63, 3.8) is 0 Å². The molecule has 0 fully saturated rings. The molecule has 2 aromatic carbocycles. The first-order valence-electron chi connectivity index (χ1n) is 8.78. The van der Waals surface area contributed by atoms with Gasteiger partial charge in [-0.1, -0.05) is 23.9 Å². The molecular weight excluding hydrogens is 406 g/mol. The highest BCUT2D eigenvalue weighted by molar-refractivity contribution is 7.99. The van der Waals surface area contributed by atoms with Gasteiger partial charge in [0.1, 0.15) is 0 Å². The SMILES string of the molecule is Cc1ccc(C)c(-n2nnnc2SCC(=O)Nc2cc(C(N)=O)cc(C(N)=O)c2)c1. The molecule has 10 nitrogen and oxygen atoms in total. The molecule has 154 valence electrons. The summed E-state index contributed by atoms with van der Waals surface area (Å²) in [5.41, 5.74) is 13.8. The minimum absolute atomic E-state index is 0.00204. The predicted molar refractivity (Wildman–Crippen MR) is 111 cm³/mol. The van der Waals surface area contributed by atoms with Gasteiger partial charge in [0.05, 0.1) is 11.4 Å². The first-order valence-corrected chi connectivity index (χ1v) is 9.76. The second kappa shape index (κ2) is 8.74. The molecule has 3 amide bonds. The van der Waals surface area contributed by atoms with Gasteiger partial charge in [-0.2, -0.15) is 4.68 Å². The number of thioether (sulfide) groups is 1. The van der Waals surface area contributed by atoms with Crippen LogP contribution < -0.4 is 16.8 Å². The summed E-state index contributed by atoms with van der Waals surface area (Å²) >= 11 is 1.14. The lowest BCUT2D eigenvalue weighted by atomic mass is 10.1. The average molecular weight is 425 g/mol. The van der Waals surface area contributed by atoms with Gasteiger partial charge in [-0.05, 0) is 59.7 Å². The molecule has 5 N–H and O–H groups in total. The zero-order valence-corrected chi connectivity index (χ0v) is 17.1. The lowest BCUT2D eigenvalue weighted by Gasteiger charge is -2.10. The third-order valence-corrected chi connectivity index (χ3v) is 5.07. The summed E-state index contributed by atoms with van der Waals surface area (Å²) in [6.45, 7) is 3.91. The Bertz CT molecular complexity index is 1110. The Kier molecular flexibility index (Phi) is 6.11. The largest absolute Gasteiger partial charge is 0.366 e. The number of nitrogens with zero attached hydrogens (tertiary/aromatic N) is 4. The third-order valence-electron chi connectivity index (χ3n) is 4.15. The van der Waals surface area contributed by atoms with E-state index in [-0.39, 0.29) is 28.5 Å². The van der Waals surface area contributed by atoms with Crippen molar-refractivity contribution >= 4 is 35.2 Å². The highest BCUT2D eigenvalue weighted by Gasteiger charge is 2.15. The molecule has 1 aromatic heterocycles. The number of primary amides is 2. The number of benzene rings is 2. The summed E-state index contributed by atoms with van der Waals surface area (Å²) in [6, 6.07) is 9.93. The normalized spacial score (nSPS) is 10.6. The van der Waals surface area contributed by atoms with Crippen molar-refractivity contribution in [2.45, 2.75) is 19.0 Å². The Balaban J connectivity index is 1.74. The first-order chi connectivity index (χ1) is 14.2. The summed E-state index contributed by atoms with van der Waals surface area (Å²) in [4.78, 5) is 35.3. The van der Waals surface area contributed by atoms with Crippen LogP contribution in [0.25, 0.3) is 5.69 Å². The third kappa shape index (κ3) is 4.81. The Hall–Kier alpha value is -3.73. The molecule has 3 rings (SSSR count). The average Bonchev–Trinajstić information content (AvgIpc) is 3.16. The van der Waals surface area contributed by atoms with Gasteiger partial charge in [-0.3, -0.25) is 14.4 Å². The Morgan fingerprint density at radius 1 is 1.03 bits per heavy atom. The minimum atomic E-state index is -0.740. The lowest BCUT2D eigenvalue weighted by Crippen LogP contribution is -2.19. The van der Waals surface area contributed by atoms with Crippen LogP contribution in [0.15, 0.2) is 41.6 Å². The van der Waals surface area contributed by atoms with Crippen LogP contribution in [-0.4, -0.2) is 43.7 Å². The van der Waals surface area contributed by atoms with Gasteiger partial charge < -0.3 is 16.8 Å². The number of hydrogen-bond acceptors (Lipinski definition) is 7. The van der Waals surface area contributed by atoms with Gasteiger partial charge in [-0.25, -0.2) is 0 Å². The number of amides is 3. The summed E-state index contributed by atoms with van der Waals surface area (Å²) in [6.07, 6.45) is 0. The van der Waals surface area contributed by atoms with Crippen molar-refractivity contribution in [1.82, 2.24) is 20.2 Å². The number of tetrazole rings is 1. The molecule has 30 heavy (non-hydrogen) atoms. The van der Waals surface area contributed by atoms with Gasteiger partial charge in [0, 0.05) is 16.8 Å². The summed E-state index contributed by atoms with van der Waals surface area (Å²) < 4.78 is 1.57. The van der Waals surface area contributed by atoms with Gasteiger partial charge in [-0.15, -0.1) is 5.10 Å². The van der Waals surface area contributed by atoms with Crippen LogP contribution in [0.1, 0.15) is 31.8 Å². The van der Waals surface area contributed by atoms with E-state index >= 15 is 0 Å². The van der Waals surface area contributed by atoms with E-state index in [9.17, 15) is 14.4 Å². The van der Waals surface area contributed by atoms with Gasteiger partial charge in [0.25, 0.3) is 0 Å².